The van der Waals surface area contributed by atoms with Crippen molar-refractivity contribution in [1.29, 1.82) is 0 Å². The monoisotopic (exact) mass is 718 g/mol. The minimum Gasteiger partial charge on any atom is -0.497 e. The summed E-state index contributed by atoms with van der Waals surface area (Å²) in [5, 5.41) is 9.53. The number of aromatic amines is 2. The molecule has 0 fully saturated rings. The molecule has 2 aromatic heterocycles. The van der Waals surface area contributed by atoms with Gasteiger partial charge in [0.25, 0.3) is 0 Å². The van der Waals surface area contributed by atoms with Gasteiger partial charge in [-0.2, -0.15) is 0 Å². The number of methoxy groups -OCH3 is 4. The van der Waals surface area contributed by atoms with Gasteiger partial charge in [0, 0.05) is 47.5 Å². The highest BCUT2D eigenvalue weighted by Crippen LogP contribution is 2.41. The van der Waals surface area contributed by atoms with Gasteiger partial charge in [-0.15, -0.1) is 0 Å². The molecular weight excluding hydrogens is 673 g/mol. The highest BCUT2D eigenvalue weighted by molar-refractivity contribution is 6.24. The fourth-order valence-electron chi connectivity index (χ4n) is 7.95. The van der Waals surface area contributed by atoms with Gasteiger partial charge in [0.2, 0.25) is 0 Å². The van der Waals surface area contributed by atoms with Crippen molar-refractivity contribution >= 4 is 66.6 Å². The van der Waals surface area contributed by atoms with E-state index < -0.39 is 0 Å². The quantitative estimate of drug-likeness (QED) is 0.109. The summed E-state index contributed by atoms with van der Waals surface area (Å²) in [6.07, 6.45) is 3.88. The molecule has 0 spiro atoms. The first-order chi connectivity index (χ1) is 26.0. The molecule has 0 unspecified atom stereocenters. The minimum atomic E-state index is 0.0377. The third-order valence-corrected chi connectivity index (χ3v) is 10.9. The third kappa shape index (κ3) is 5.86. The Hall–Kier alpha value is -6.02. The van der Waals surface area contributed by atoms with Crippen molar-refractivity contribution < 1.29 is 18.9 Å². The summed E-state index contributed by atoms with van der Waals surface area (Å²) in [6, 6.07) is 23.9. The molecule has 2 heterocycles. The van der Waals surface area contributed by atoms with Gasteiger partial charge in [0.05, 0.1) is 63.9 Å². The Morgan fingerprint density at radius 3 is 1.43 bits per heavy atom. The Morgan fingerprint density at radius 2 is 1.02 bits per heavy atom. The summed E-state index contributed by atoms with van der Waals surface area (Å²) >= 11 is 0. The number of ether oxygens (including phenoxy) is 4. The molecule has 0 aliphatic carbocycles. The van der Waals surface area contributed by atoms with E-state index in [9.17, 15) is 0 Å². The third-order valence-electron chi connectivity index (χ3n) is 10.9. The van der Waals surface area contributed by atoms with E-state index in [-0.39, 0.29) is 5.41 Å². The number of aryl methyl sites for hydroxylation is 2. The number of rotatable bonds is 10. The van der Waals surface area contributed by atoms with Crippen LogP contribution in [0.4, 0.5) is 0 Å². The van der Waals surface area contributed by atoms with Crippen LogP contribution in [0.1, 0.15) is 60.0 Å². The summed E-state index contributed by atoms with van der Waals surface area (Å²) in [5.74, 6) is 3.01. The Balaban J connectivity index is 1.22. The second-order valence-electron chi connectivity index (χ2n) is 15.1. The number of hydrogen-bond donors (Lipinski definition) is 2. The standard InChI is InChI=1S/C46H46N4O4/c1-25-38(49-36-17-32(51-6)19-40(53-8)42(25)36)23-47-21-29-14-30(22-48-24-39-26(2)43-37(50-39)18-33(52-7)20-41(43)54-9)35-13-11-28-16-31(46(3,4)5)15-27-10-12-34(29)45(35)44(27)28/h10-20,23-24,49-50H,21-22H2,1-9H3. The van der Waals surface area contributed by atoms with Gasteiger partial charge in [0.1, 0.15) is 23.0 Å². The molecule has 0 aliphatic heterocycles. The summed E-state index contributed by atoms with van der Waals surface area (Å²) in [7, 11) is 6.70. The van der Waals surface area contributed by atoms with Crippen LogP contribution in [0.25, 0.3) is 54.1 Å². The lowest BCUT2D eigenvalue weighted by molar-refractivity contribution is 0.397. The van der Waals surface area contributed by atoms with Crippen molar-refractivity contribution in [1.82, 2.24) is 9.97 Å². The van der Waals surface area contributed by atoms with Crippen LogP contribution >= 0.6 is 0 Å². The lowest BCUT2D eigenvalue weighted by atomic mass is 9.82. The van der Waals surface area contributed by atoms with Gasteiger partial charge in [0.15, 0.2) is 0 Å². The molecule has 274 valence electrons. The topological polar surface area (TPSA) is 93.2 Å². The molecule has 0 amide bonds. The molecular formula is C46H46N4O4. The van der Waals surface area contributed by atoms with E-state index in [1.807, 2.05) is 36.7 Å². The zero-order chi connectivity index (χ0) is 37.9. The normalized spacial score (nSPS) is 12.5. The molecule has 6 aromatic carbocycles. The van der Waals surface area contributed by atoms with Gasteiger partial charge in [-0.05, 0) is 79.4 Å². The number of fused-ring (bicyclic) bond motifs is 2. The van der Waals surface area contributed by atoms with Crippen LogP contribution in [0.5, 0.6) is 23.0 Å². The zero-order valence-corrected chi connectivity index (χ0v) is 32.4. The maximum atomic E-state index is 5.71. The van der Waals surface area contributed by atoms with Crippen molar-refractivity contribution in [2.75, 3.05) is 28.4 Å². The van der Waals surface area contributed by atoms with Gasteiger partial charge in [-0.3, -0.25) is 9.98 Å². The number of aromatic nitrogens is 2. The van der Waals surface area contributed by atoms with Crippen molar-refractivity contribution in [3.63, 3.8) is 0 Å². The first-order valence-electron chi connectivity index (χ1n) is 18.2. The summed E-state index contributed by atoms with van der Waals surface area (Å²) in [5.41, 5.74) is 9.62. The van der Waals surface area contributed by atoms with Crippen LogP contribution in [0.2, 0.25) is 0 Å². The molecule has 0 radical (unpaired) electrons. The highest BCUT2D eigenvalue weighted by Gasteiger charge is 2.20. The van der Waals surface area contributed by atoms with E-state index in [0.29, 0.717) is 13.1 Å². The van der Waals surface area contributed by atoms with E-state index >= 15 is 0 Å². The Morgan fingerprint density at radius 1 is 0.556 bits per heavy atom. The van der Waals surface area contributed by atoms with E-state index in [0.717, 1.165) is 78.4 Å². The first-order valence-corrected chi connectivity index (χ1v) is 18.2. The van der Waals surface area contributed by atoms with Crippen molar-refractivity contribution in [3.05, 3.63) is 106 Å². The van der Waals surface area contributed by atoms with Gasteiger partial charge < -0.3 is 28.9 Å². The number of nitrogens with zero attached hydrogens (tertiary/aromatic N) is 2. The molecule has 8 nitrogen and oxygen atoms in total. The van der Waals surface area contributed by atoms with Crippen molar-refractivity contribution in [2.45, 2.75) is 53.1 Å². The van der Waals surface area contributed by atoms with Gasteiger partial charge >= 0.3 is 0 Å². The largest absolute Gasteiger partial charge is 0.497 e. The Bertz CT molecular complexity index is 2600. The SMILES string of the molecule is COc1cc(OC)c2c(C)c(C=NCc3cc(CN=Cc4[nH]c5cc(OC)cc(OC)c5c4C)c4ccc5cc(C(C)(C)C)cc6ccc3c4c65)[nH]c2c1. The van der Waals surface area contributed by atoms with Crippen LogP contribution < -0.4 is 18.9 Å². The zero-order valence-electron chi connectivity index (χ0n) is 32.4. The highest BCUT2D eigenvalue weighted by atomic mass is 16.5. The maximum Gasteiger partial charge on any atom is 0.132 e. The minimum absolute atomic E-state index is 0.0377. The predicted molar refractivity (Wildman–Crippen MR) is 224 cm³/mol. The predicted octanol–water partition coefficient (Wildman–Crippen LogP) is 10.7. The van der Waals surface area contributed by atoms with E-state index in [1.165, 1.54) is 37.9 Å². The Kier molecular flexibility index (Phi) is 8.72. The number of benzene rings is 6. The number of aliphatic imine (C=N–C) groups is 2. The maximum absolute atomic E-state index is 5.71. The second-order valence-corrected chi connectivity index (χ2v) is 15.1. The van der Waals surface area contributed by atoms with Crippen LogP contribution in [0.15, 0.2) is 76.7 Å². The lowest BCUT2D eigenvalue weighted by Crippen LogP contribution is -2.10. The molecule has 0 bridgehead atoms. The van der Waals surface area contributed by atoms with E-state index in [2.05, 4.69) is 87.1 Å². The molecule has 0 aliphatic rings. The number of hydrogen-bond acceptors (Lipinski definition) is 6. The molecule has 0 atom stereocenters. The van der Waals surface area contributed by atoms with Crippen LogP contribution in [0, 0.1) is 13.8 Å². The van der Waals surface area contributed by atoms with Crippen molar-refractivity contribution in [2.24, 2.45) is 9.98 Å². The number of nitrogens with one attached hydrogen (secondary N) is 2. The molecule has 0 saturated carbocycles. The first kappa shape index (κ1) is 35.0. The summed E-state index contributed by atoms with van der Waals surface area (Å²) in [6.45, 7) is 12.0. The fourth-order valence-corrected chi connectivity index (χ4v) is 7.95. The molecule has 0 saturated heterocycles. The summed E-state index contributed by atoms with van der Waals surface area (Å²) < 4.78 is 22.5. The fraction of sp³-hybridized carbons (Fsp3) is 0.261. The van der Waals surface area contributed by atoms with E-state index in [4.69, 9.17) is 28.9 Å². The van der Waals surface area contributed by atoms with E-state index in [1.54, 1.807) is 28.4 Å². The lowest BCUT2D eigenvalue weighted by Gasteiger charge is -2.22. The second kappa shape index (κ2) is 13.4. The molecule has 8 rings (SSSR count). The van der Waals surface area contributed by atoms with Crippen molar-refractivity contribution in [3.8, 4) is 23.0 Å². The smallest absolute Gasteiger partial charge is 0.132 e. The molecule has 8 aromatic rings. The van der Waals surface area contributed by atoms with Gasteiger partial charge in [-0.1, -0.05) is 63.2 Å². The van der Waals surface area contributed by atoms with Crippen LogP contribution in [0.3, 0.4) is 0 Å². The summed E-state index contributed by atoms with van der Waals surface area (Å²) in [4.78, 5) is 17.1. The Labute approximate surface area is 315 Å². The average Bonchev–Trinajstić information content (AvgIpc) is 3.67. The molecule has 8 heteroatoms. The molecule has 2 N–H and O–H groups in total. The molecule has 54 heavy (non-hydrogen) atoms. The van der Waals surface area contributed by atoms with Gasteiger partial charge in [-0.25, -0.2) is 0 Å². The van der Waals surface area contributed by atoms with Crippen LogP contribution in [-0.2, 0) is 18.5 Å². The van der Waals surface area contributed by atoms with Crippen LogP contribution in [-0.4, -0.2) is 50.8 Å². The number of H-pyrrole nitrogens is 2. The average molecular weight is 719 g/mol.